The number of fused-ring (bicyclic) bond motifs is 2. The number of hydrogen-bond donors (Lipinski definition) is 5. The van der Waals surface area contributed by atoms with E-state index in [1.807, 2.05) is 36.5 Å². The molecule has 0 aliphatic heterocycles. The quantitative estimate of drug-likeness (QED) is 0.280. The van der Waals surface area contributed by atoms with E-state index in [4.69, 9.17) is 5.14 Å². The molecule has 0 saturated heterocycles. The van der Waals surface area contributed by atoms with E-state index in [9.17, 15) is 18.6 Å². The van der Waals surface area contributed by atoms with E-state index in [0.717, 1.165) is 22.2 Å². The van der Waals surface area contributed by atoms with Gasteiger partial charge in [-0.05, 0) is 18.6 Å². The molecule has 4 aromatic rings. The van der Waals surface area contributed by atoms with Gasteiger partial charge < -0.3 is 20.5 Å². The van der Waals surface area contributed by atoms with Gasteiger partial charge in [0, 0.05) is 40.8 Å². The molecule has 1 aromatic carbocycles. The number of hydrogen-bond acceptors (Lipinski definition) is 8. The normalized spacial score (nSPS) is 23.8. The van der Waals surface area contributed by atoms with Crippen LogP contribution < -0.4 is 10.5 Å². The Labute approximate surface area is 183 Å². The molecule has 5 rings (SSSR count). The van der Waals surface area contributed by atoms with Crippen molar-refractivity contribution < 1.29 is 22.8 Å². The van der Waals surface area contributed by atoms with E-state index in [-0.39, 0.29) is 13.0 Å². The van der Waals surface area contributed by atoms with Crippen molar-refractivity contribution in [2.45, 2.75) is 24.7 Å². The molecule has 11 nitrogen and oxygen atoms in total. The Balaban J connectivity index is 1.42. The minimum Gasteiger partial charge on any atom is -0.390 e. The van der Waals surface area contributed by atoms with Crippen molar-refractivity contribution in [1.29, 1.82) is 0 Å². The van der Waals surface area contributed by atoms with Gasteiger partial charge in [0.1, 0.15) is 11.9 Å². The van der Waals surface area contributed by atoms with Crippen LogP contribution in [0, 0.1) is 5.92 Å². The van der Waals surface area contributed by atoms with E-state index in [1.165, 1.54) is 0 Å². The number of benzene rings is 1. The number of H-pyrrole nitrogens is 1. The van der Waals surface area contributed by atoms with Crippen LogP contribution in [0.4, 0.5) is 5.82 Å². The zero-order valence-corrected chi connectivity index (χ0v) is 17.6. The third-order valence-corrected chi connectivity index (χ3v) is 6.27. The summed E-state index contributed by atoms with van der Waals surface area (Å²) in [4.78, 5) is 7.60. The second-order valence-corrected chi connectivity index (χ2v) is 9.10. The number of anilines is 1. The molecular formula is C20H22N6O5S. The molecule has 1 aliphatic rings. The van der Waals surface area contributed by atoms with Crippen LogP contribution >= 0.6 is 0 Å². The second kappa shape index (κ2) is 7.83. The van der Waals surface area contributed by atoms with Crippen LogP contribution in [-0.4, -0.2) is 63.1 Å². The molecule has 0 bridgehead atoms. The lowest BCUT2D eigenvalue weighted by atomic mass is 10.1. The zero-order valence-electron chi connectivity index (χ0n) is 16.8. The first-order valence-electron chi connectivity index (χ1n) is 10.0. The number of nitrogens with zero attached hydrogens (tertiary/aromatic N) is 3. The van der Waals surface area contributed by atoms with Crippen LogP contribution in [-0.2, 0) is 14.5 Å². The second-order valence-electron chi connectivity index (χ2n) is 7.88. The SMILES string of the molecule is NS(=O)(=O)OC[C@H]1C[C@@H](Nc2ccnc3cc(-c4c[nH]c5ccccc45)nn23)[C@H](O)[C@@H]1O. The fourth-order valence-corrected chi connectivity index (χ4v) is 4.59. The van der Waals surface area contributed by atoms with Gasteiger partial charge in [0.15, 0.2) is 5.65 Å². The maximum atomic E-state index is 11.1. The standard InChI is InChI=1S/C20H22N6O5S/c21-32(29,30)31-10-11-7-16(20(28)19(11)27)24-17-5-6-22-18-8-15(25-26(17)18)13-9-23-14-4-2-1-3-12(13)14/h1-6,8-9,11,16,19-20,23-24,27-28H,7,10H2,(H2,21,29,30)/t11-,16-,19-,20+/m1/s1. The first-order valence-corrected chi connectivity index (χ1v) is 11.5. The van der Waals surface area contributed by atoms with E-state index < -0.39 is 34.5 Å². The van der Waals surface area contributed by atoms with Gasteiger partial charge >= 0.3 is 10.3 Å². The lowest BCUT2D eigenvalue weighted by Crippen LogP contribution is -2.36. The number of para-hydroxylation sites is 1. The van der Waals surface area contributed by atoms with Crippen LogP contribution in [0.1, 0.15) is 6.42 Å². The molecule has 32 heavy (non-hydrogen) atoms. The van der Waals surface area contributed by atoms with E-state index in [2.05, 4.69) is 24.6 Å². The van der Waals surface area contributed by atoms with Crippen LogP contribution in [0.2, 0.25) is 0 Å². The highest BCUT2D eigenvalue weighted by Gasteiger charge is 2.42. The van der Waals surface area contributed by atoms with Crippen molar-refractivity contribution in [2.75, 3.05) is 11.9 Å². The highest BCUT2D eigenvalue weighted by Crippen LogP contribution is 2.31. The van der Waals surface area contributed by atoms with Crippen molar-refractivity contribution in [3.8, 4) is 11.3 Å². The predicted molar refractivity (Wildman–Crippen MR) is 117 cm³/mol. The Hall–Kier alpha value is -3.03. The number of aromatic nitrogens is 4. The van der Waals surface area contributed by atoms with Gasteiger partial charge in [-0.2, -0.15) is 18.0 Å². The summed E-state index contributed by atoms with van der Waals surface area (Å²) in [5.41, 5.74) is 3.28. The maximum absolute atomic E-state index is 11.1. The molecule has 0 radical (unpaired) electrons. The number of rotatable bonds is 6. The minimum absolute atomic E-state index is 0.276. The van der Waals surface area contributed by atoms with Crippen LogP contribution in [0.5, 0.6) is 0 Å². The Bertz CT molecular complexity index is 1380. The summed E-state index contributed by atoms with van der Waals surface area (Å²) in [5.74, 6) is -0.0251. The summed E-state index contributed by atoms with van der Waals surface area (Å²) >= 11 is 0. The van der Waals surface area contributed by atoms with Gasteiger partial charge in [-0.25, -0.2) is 10.1 Å². The first kappa shape index (κ1) is 20.8. The summed E-state index contributed by atoms with van der Waals surface area (Å²) in [7, 11) is -4.13. The van der Waals surface area contributed by atoms with Gasteiger partial charge in [0.05, 0.1) is 24.4 Å². The molecule has 3 heterocycles. The highest BCUT2D eigenvalue weighted by atomic mass is 32.2. The Morgan fingerprint density at radius 2 is 2.06 bits per heavy atom. The van der Waals surface area contributed by atoms with Gasteiger partial charge in [-0.15, -0.1) is 0 Å². The van der Waals surface area contributed by atoms with E-state index in [0.29, 0.717) is 11.5 Å². The molecule has 168 valence electrons. The first-order chi connectivity index (χ1) is 15.3. The third kappa shape index (κ3) is 3.82. The van der Waals surface area contributed by atoms with Crippen molar-refractivity contribution in [2.24, 2.45) is 11.1 Å². The Kier molecular flexibility index (Phi) is 5.10. The lowest BCUT2D eigenvalue weighted by molar-refractivity contribution is 0.00777. The molecule has 1 aliphatic carbocycles. The van der Waals surface area contributed by atoms with Crippen LogP contribution in [0.3, 0.4) is 0 Å². The summed E-state index contributed by atoms with van der Waals surface area (Å²) < 4.78 is 28.3. The number of nitrogens with two attached hydrogens (primary N) is 1. The molecule has 1 saturated carbocycles. The van der Waals surface area contributed by atoms with E-state index in [1.54, 1.807) is 16.8 Å². The molecule has 0 unspecified atom stereocenters. The monoisotopic (exact) mass is 458 g/mol. The molecule has 12 heteroatoms. The average Bonchev–Trinajstić information content (AvgIpc) is 3.44. The Morgan fingerprint density at radius 3 is 2.88 bits per heavy atom. The van der Waals surface area contributed by atoms with Gasteiger partial charge in [0.25, 0.3) is 0 Å². The number of aliphatic hydroxyl groups excluding tert-OH is 2. The predicted octanol–water partition coefficient (Wildman–Crippen LogP) is 0.620. The molecular weight excluding hydrogens is 436 g/mol. The van der Waals surface area contributed by atoms with Gasteiger partial charge in [-0.1, -0.05) is 18.2 Å². The highest BCUT2D eigenvalue weighted by molar-refractivity contribution is 7.84. The van der Waals surface area contributed by atoms with Crippen molar-refractivity contribution in [3.05, 3.63) is 48.8 Å². The number of aliphatic hydroxyl groups is 2. The Morgan fingerprint density at radius 1 is 1.25 bits per heavy atom. The molecule has 1 fully saturated rings. The largest absolute Gasteiger partial charge is 0.390 e. The molecule has 3 aromatic heterocycles. The zero-order chi connectivity index (χ0) is 22.5. The van der Waals surface area contributed by atoms with Crippen molar-refractivity contribution in [3.63, 3.8) is 0 Å². The molecule has 6 N–H and O–H groups in total. The third-order valence-electron chi connectivity index (χ3n) is 5.80. The van der Waals surface area contributed by atoms with Crippen molar-refractivity contribution >= 4 is 32.7 Å². The van der Waals surface area contributed by atoms with Crippen molar-refractivity contribution in [1.82, 2.24) is 19.6 Å². The average molecular weight is 459 g/mol. The smallest absolute Gasteiger partial charge is 0.333 e. The molecule has 0 amide bonds. The summed E-state index contributed by atoms with van der Waals surface area (Å²) in [6.45, 7) is -0.312. The van der Waals surface area contributed by atoms with Crippen LogP contribution in [0.15, 0.2) is 48.8 Å². The minimum atomic E-state index is -4.13. The molecule has 0 spiro atoms. The van der Waals surface area contributed by atoms with Crippen LogP contribution in [0.25, 0.3) is 27.8 Å². The number of nitrogens with one attached hydrogen (secondary N) is 2. The molecule has 4 atom stereocenters. The lowest BCUT2D eigenvalue weighted by Gasteiger charge is -2.19. The fourth-order valence-electron chi connectivity index (χ4n) is 4.22. The van der Waals surface area contributed by atoms with E-state index >= 15 is 0 Å². The topological polar surface area (TPSA) is 168 Å². The summed E-state index contributed by atoms with van der Waals surface area (Å²) in [6.07, 6.45) is 1.50. The van der Waals surface area contributed by atoms with Gasteiger partial charge in [0.2, 0.25) is 0 Å². The fraction of sp³-hybridized carbons (Fsp3) is 0.300. The summed E-state index contributed by atoms with van der Waals surface area (Å²) in [5, 5.41) is 34.5. The number of aromatic amines is 1. The maximum Gasteiger partial charge on any atom is 0.333 e. The van der Waals surface area contributed by atoms with Gasteiger partial charge in [-0.3, -0.25) is 4.18 Å². The summed E-state index contributed by atoms with van der Waals surface area (Å²) in [6, 6.07) is 10.9.